The molecular weight excluding hydrogens is 336 g/mol. The minimum atomic E-state index is -3.23. The molecule has 8 heteroatoms. The zero-order chi connectivity index (χ0) is 18.6. The Morgan fingerprint density at radius 3 is 2.56 bits per heavy atom. The molecule has 0 saturated carbocycles. The highest BCUT2D eigenvalue weighted by atomic mass is 19.3. The molecule has 1 fully saturated rings. The molecule has 2 amide bonds. The standard InChI is InChI=1S/C17H19F2NO5/c1-17(18,19)9-12(8-14(21)22)15(23)20-13(10-25-16(20)24)7-11-5-3-2-4-6-11/h2-6,12-13H,7-10H2,1H3,(H,21,22)/t12?,13-/m0/s1. The van der Waals surface area contributed by atoms with Gasteiger partial charge in [-0.1, -0.05) is 30.3 Å². The first-order chi connectivity index (χ1) is 11.7. The van der Waals surface area contributed by atoms with Crippen LogP contribution in [0.5, 0.6) is 0 Å². The Morgan fingerprint density at radius 1 is 1.36 bits per heavy atom. The lowest BCUT2D eigenvalue weighted by Crippen LogP contribution is -2.45. The van der Waals surface area contributed by atoms with Crippen molar-refractivity contribution in [2.24, 2.45) is 5.92 Å². The van der Waals surface area contributed by atoms with Crippen molar-refractivity contribution in [3.8, 4) is 0 Å². The number of imide groups is 1. The van der Waals surface area contributed by atoms with Crippen LogP contribution in [0.4, 0.5) is 13.6 Å². The molecule has 0 aliphatic carbocycles. The summed E-state index contributed by atoms with van der Waals surface area (Å²) in [6.45, 7) is 0.556. The van der Waals surface area contributed by atoms with Gasteiger partial charge in [0.2, 0.25) is 11.8 Å². The van der Waals surface area contributed by atoms with Gasteiger partial charge >= 0.3 is 12.1 Å². The number of carboxylic acids is 1. The maximum atomic E-state index is 13.3. The number of aliphatic carboxylic acids is 1. The van der Waals surface area contributed by atoms with E-state index < -0.39 is 48.7 Å². The van der Waals surface area contributed by atoms with Gasteiger partial charge in [-0.15, -0.1) is 0 Å². The van der Waals surface area contributed by atoms with Crippen LogP contribution in [-0.4, -0.2) is 46.5 Å². The van der Waals surface area contributed by atoms with Gasteiger partial charge in [-0.25, -0.2) is 18.5 Å². The highest BCUT2D eigenvalue weighted by Crippen LogP contribution is 2.29. The zero-order valence-corrected chi connectivity index (χ0v) is 13.7. The van der Waals surface area contributed by atoms with Crippen LogP contribution in [0.15, 0.2) is 30.3 Å². The Labute approximate surface area is 143 Å². The minimum Gasteiger partial charge on any atom is -0.481 e. The molecule has 1 aliphatic heterocycles. The third-order valence-electron chi connectivity index (χ3n) is 3.89. The summed E-state index contributed by atoms with van der Waals surface area (Å²) in [7, 11) is 0. The van der Waals surface area contributed by atoms with Crippen molar-refractivity contribution in [1.82, 2.24) is 4.90 Å². The van der Waals surface area contributed by atoms with E-state index in [1.165, 1.54) is 0 Å². The summed E-state index contributed by atoms with van der Waals surface area (Å²) in [4.78, 5) is 36.2. The number of amides is 2. The smallest absolute Gasteiger partial charge is 0.416 e. The van der Waals surface area contributed by atoms with Gasteiger partial charge in [-0.05, 0) is 18.9 Å². The number of halogens is 2. The number of nitrogens with zero attached hydrogens (tertiary/aromatic N) is 1. The minimum absolute atomic E-state index is 0.0538. The van der Waals surface area contributed by atoms with Gasteiger partial charge in [0.25, 0.3) is 0 Å². The van der Waals surface area contributed by atoms with E-state index in [2.05, 4.69) is 0 Å². The van der Waals surface area contributed by atoms with Crippen LogP contribution in [0.1, 0.15) is 25.3 Å². The molecule has 1 aromatic carbocycles. The molecule has 1 aliphatic rings. The van der Waals surface area contributed by atoms with E-state index in [0.29, 0.717) is 13.3 Å². The summed E-state index contributed by atoms with van der Waals surface area (Å²) >= 11 is 0. The monoisotopic (exact) mass is 355 g/mol. The number of carbonyl (C=O) groups is 3. The van der Waals surface area contributed by atoms with E-state index in [0.717, 1.165) is 10.5 Å². The van der Waals surface area contributed by atoms with Gasteiger partial charge in [0, 0.05) is 6.42 Å². The number of carboxylic acid groups (broad SMARTS) is 1. The highest BCUT2D eigenvalue weighted by Gasteiger charge is 2.43. The zero-order valence-electron chi connectivity index (χ0n) is 13.7. The van der Waals surface area contributed by atoms with Crippen molar-refractivity contribution in [3.05, 3.63) is 35.9 Å². The second-order valence-corrected chi connectivity index (χ2v) is 6.20. The molecule has 1 saturated heterocycles. The summed E-state index contributed by atoms with van der Waals surface area (Å²) in [6.07, 6.45) is -2.34. The Morgan fingerprint density at radius 2 is 2.00 bits per heavy atom. The Kier molecular flexibility index (Phi) is 5.71. The molecule has 1 unspecified atom stereocenters. The fraction of sp³-hybridized carbons (Fsp3) is 0.471. The normalized spacial score (nSPS) is 18.8. The van der Waals surface area contributed by atoms with Crippen LogP contribution in [0.2, 0.25) is 0 Å². The van der Waals surface area contributed by atoms with Gasteiger partial charge in [-0.3, -0.25) is 9.59 Å². The predicted octanol–water partition coefficient (Wildman–Crippen LogP) is 2.71. The van der Waals surface area contributed by atoms with Gasteiger partial charge in [0.05, 0.1) is 18.4 Å². The van der Waals surface area contributed by atoms with Crippen molar-refractivity contribution < 1.29 is 33.0 Å². The van der Waals surface area contributed by atoms with Gasteiger partial charge < -0.3 is 9.84 Å². The highest BCUT2D eigenvalue weighted by molar-refractivity contribution is 5.96. The van der Waals surface area contributed by atoms with Gasteiger partial charge in [0.1, 0.15) is 6.61 Å². The molecule has 0 spiro atoms. The van der Waals surface area contributed by atoms with Crippen molar-refractivity contribution in [1.29, 1.82) is 0 Å². The molecule has 6 nitrogen and oxygen atoms in total. The third-order valence-corrected chi connectivity index (χ3v) is 3.89. The van der Waals surface area contributed by atoms with Crippen molar-refractivity contribution in [3.63, 3.8) is 0 Å². The molecule has 0 bridgehead atoms. The lowest BCUT2D eigenvalue weighted by molar-refractivity contribution is -0.146. The summed E-state index contributed by atoms with van der Waals surface area (Å²) in [6, 6.07) is 8.37. The largest absolute Gasteiger partial charge is 0.481 e. The molecule has 0 radical (unpaired) electrons. The molecule has 1 heterocycles. The first kappa shape index (κ1) is 18.8. The Bertz CT molecular complexity index is 644. The molecular formula is C17H19F2NO5. The van der Waals surface area contributed by atoms with Crippen molar-refractivity contribution >= 4 is 18.0 Å². The maximum absolute atomic E-state index is 13.3. The van der Waals surface area contributed by atoms with Crippen LogP contribution in [0.3, 0.4) is 0 Å². The third kappa shape index (κ3) is 5.23. The quantitative estimate of drug-likeness (QED) is 0.813. The molecule has 2 atom stereocenters. The molecule has 0 aromatic heterocycles. The average Bonchev–Trinajstić information content (AvgIpc) is 2.86. The van der Waals surface area contributed by atoms with E-state index >= 15 is 0 Å². The summed E-state index contributed by atoms with van der Waals surface area (Å²) in [5.74, 6) is -7.04. The number of alkyl halides is 2. The number of carbonyl (C=O) groups excluding carboxylic acids is 2. The van der Waals surface area contributed by atoms with E-state index in [1.54, 1.807) is 24.3 Å². The number of ether oxygens (including phenoxy) is 1. The average molecular weight is 355 g/mol. The second-order valence-electron chi connectivity index (χ2n) is 6.20. The number of benzene rings is 1. The Hall–Kier alpha value is -2.51. The van der Waals surface area contributed by atoms with Gasteiger partial charge in [0.15, 0.2) is 0 Å². The van der Waals surface area contributed by atoms with Crippen LogP contribution in [-0.2, 0) is 20.7 Å². The first-order valence-corrected chi connectivity index (χ1v) is 7.81. The van der Waals surface area contributed by atoms with Crippen molar-refractivity contribution in [2.45, 2.75) is 38.2 Å². The van der Waals surface area contributed by atoms with E-state index in [4.69, 9.17) is 9.84 Å². The summed E-state index contributed by atoms with van der Waals surface area (Å²) < 4.78 is 31.6. The first-order valence-electron chi connectivity index (χ1n) is 7.81. The van der Waals surface area contributed by atoms with Gasteiger partial charge in [-0.2, -0.15) is 0 Å². The number of rotatable bonds is 7. The fourth-order valence-corrected chi connectivity index (χ4v) is 2.85. The summed E-state index contributed by atoms with van der Waals surface area (Å²) in [5, 5.41) is 8.91. The van der Waals surface area contributed by atoms with E-state index in [1.807, 2.05) is 6.07 Å². The Balaban J connectivity index is 2.19. The number of cyclic esters (lactones) is 1. The van der Waals surface area contributed by atoms with E-state index in [-0.39, 0.29) is 6.61 Å². The number of hydrogen-bond acceptors (Lipinski definition) is 4. The van der Waals surface area contributed by atoms with Crippen LogP contribution in [0, 0.1) is 5.92 Å². The topological polar surface area (TPSA) is 83.9 Å². The molecule has 25 heavy (non-hydrogen) atoms. The van der Waals surface area contributed by atoms with Crippen LogP contribution >= 0.6 is 0 Å². The fourth-order valence-electron chi connectivity index (χ4n) is 2.85. The number of hydrogen-bond donors (Lipinski definition) is 1. The predicted molar refractivity (Wildman–Crippen MR) is 83.1 cm³/mol. The molecule has 1 N–H and O–H groups in total. The molecule has 1 aromatic rings. The van der Waals surface area contributed by atoms with Crippen LogP contribution in [0.25, 0.3) is 0 Å². The SMILES string of the molecule is CC(F)(F)CC(CC(=O)O)C(=O)N1C(=O)OC[C@@H]1Cc1ccccc1. The summed E-state index contributed by atoms with van der Waals surface area (Å²) in [5.41, 5.74) is 0.846. The molecule has 2 rings (SSSR count). The molecule has 136 valence electrons. The lowest BCUT2D eigenvalue weighted by atomic mass is 9.95. The second kappa shape index (κ2) is 7.58. The lowest BCUT2D eigenvalue weighted by Gasteiger charge is -2.25. The van der Waals surface area contributed by atoms with Crippen molar-refractivity contribution in [2.75, 3.05) is 6.61 Å². The maximum Gasteiger partial charge on any atom is 0.416 e. The van der Waals surface area contributed by atoms with E-state index in [9.17, 15) is 23.2 Å². The van der Waals surface area contributed by atoms with Crippen LogP contribution < -0.4 is 0 Å².